The molecule has 3 rings (SSSR count). The lowest BCUT2D eigenvalue weighted by molar-refractivity contribution is 0.102. The molecule has 0 aliphatic carbocycles. The molecule has 0 aliphatic heterocycles. The van der Waals surface area contributed by atoms with Crippen LogP contribution in [0.4, 0.5) is 11.4 Å². The van der Waals surface area contributed by atoms with Gasteiger partial charge in [0.05, 0.1) is 28.3 Å². The van der Waals surface area contributed by atoms with Crippen molar-refractivity contribution < 1.29 is 17.9 Å². The molecule has 0 saturated heterocycles. The van der Waals surface area contributed by atoms with Gasteiger partial charge in [0.15, 0.2) is 0 Å². The topological polar surface area (TPSA) is 84.5 Å². The third kappa shape index (κ3) is 5.26. The first-order valence-electron chi connectivity index (χ1n) is 8.42. The van der Waals surface area contributed by atoms with Crippen LogP contribution in [0, 0.1) is 0 Å². The number of hydrogen-bond acceptors (Lipinski definition) is 4. The molecule has 0 unspecified atom stereocenters. The van der Waals surface area contributed by atoms with Gasteiger partial charge in [-0.15, -0.1) is 0 Å². The van der Waals surface area contributed by atoms with Gasteiger partial charge in [-0.05, 0) is 60.7 Å². The number of halogens is 3. The van der Waals surface area contributed by atoms with E-state index in [-0.39, 0.29) is 26.9 Å². The first-order valence-corrected chi connectivity index (χ1v) is 11.5. The normalized spacial score (nSPS) is 11.1. The summed E-state index contributed by atoms with van der Waals surface area (Å²) in [6.45, 7) is 0. The maximum atomic E-state index is 12.8. The third-order valence-corrected chi connectivity index (χ3v) is 6.46. The molecule has 0 aromatic heterocycles. The van der Waals surface area contributed by atoms with E-state index in [9.17, 15) is 13.2 Å². The summed E-state index contributed by atoms with van der Waals surface area (Å²) in [5, 5.41) is 3.19. The average Bonchev–Trinajstić information content (AvgIpc) is 2.69. The Morgan fingerprint density at radius 3 is 2.33 bits per heavy atom. The zero-order chi connectivity index (χ0) is 21.9. The molecular formula is C20H15BrCl2N2O4S. The molecular weight excluding hydrogens is 515 g/mol. The first-order chi connectivity index (χ1) is 14.2. The van der Waals surface area contributed by atoms with Gasteiger partial charge in [0, 0.05) is 15.2 Å². The number of anilines is 2. The molecule has 156 valence electrons. The first kappa shape index (κ1) is 22.4. The lowest BCUT2D eigenvalue weighted by Crippen LogP contribution is -2.16. The van der Waals surface area contributed by atoms with E-state index < -0.39 is 15.9 Å². The summed E-state index contributed by atoms with van der Waals surface area (Å²) >= 11 is 15.2. The Bertz CT molecular complexity index is 1200. The van der Waals surface area contributed by atoms with Crippen LogP contribution in [0.15, 0.2) is 70.0 Å². The van der Waals surface area contributed by atoms with Crippen molar-refractivity contribution >= 4 is 66.4 Å². The Kier molecular flexibility index (Phi) is 6.92. The minimum atomic E-state index is -3.90. The lowest BCUT2D eigenvalue weighted by atomic mass is 10.2. The van der Waals surface area contributed by atoms with Crippen LogP contribution in [0.25, 0.3) is 0 Å². The van der Waals surface area contributed by atoms with E-state index in [4.69, 9.17) is 27.9 Å². The van der Waals surface area contributed by atoms with Crippen LogP contribution in [0.5, 0.6) is 5.75 Å². The Morgan fingerprint density at radius 1 is 1.00 bits per heavy atom. The van der Waals surface area contributed by atoms with Gasteiger partial charge in [0.2, 0.25) is 0 Å². The molecule has 0 heterocycles. The quantitative estimate of drug-likeness (QED) is 0.421. The summed E-state index contributed by atoms with van der Waals surface area (Å²) in [5.41, 5.74) is 0.754. The highest BCUT2D eigenvalue weighted by Crippen LogP contribution is 2.30. The molecule has 1 amide bonds. The number of nitrogens with one attached hydrogen (secondary N) is 2. The highest BCUT2D eigenvalue weighted by Gasteiger charge is 2.19. The van der Waals surface area contributed by atoms with E-state index in [1.54, 1.807) is 24.3 Å². The molecule has 3 aromatic rings. The number of hydrogen-bond donors (Lipinski definition) is 2. The fourth-order valence-electron chi connectivity index (χ4n) is 2.55. The van der Waals surface area contributed by atoms with E-state index in [1.807, 2.05) is 0 Å². The Hall–Kier alpha value is -2.26. The second-order valence-corrected chi connectivity index (χ2v) is 9.49. The summed E-state index contributed by atoms with van der Waals surface area (Å²) < 4.78 is 34.1. The Balaban J connectivity index is 1.91. The van der Waals surface area contributed by atoms with E-state index in [0.717, 1.165) is 4.47 Å². The van der Waals surface area contributed by atoms with Gasteiger partial charge in [-0.3, -0.25) is 9.52 Å². The van der Waals surface area contributed by atoms with Crippen LogP contribution < -0.4 is 14.8 Å². The van der Waals surface area contributed by atoms with Crippen LogP contribution in [-0.4, -0.2) is 21.4 Å². The molecule has 0 atom stereocenters. The van der Waals surface area contributed by atoms with E-state index in [1.165, 1.54) is 43.5 Å². The summed E-state index contributed by atoms with van der Waals surface area (Å²) in [4.78, 5) is 12.6. The summed E-state index contributed by atoms with van der Waals surface area (Å²) in [6.07, 6.45) is 0. The van der Waals surface area contributed by atoms with Gasteiger partial charge in [-0.1, -0.05) is 39.1 Å². The van der Waals surface area contributed by atoms with Crippen molar-refractivity contribution in [1.82, 2.24) is 0 Å². The van der Waals surface area contributed by atoms with Crippen LogP contribution in [0.1, 0.15) is 10.4 Å². The molecule has 6 nitrogen and oxygen atoms in total. The van der Waals surface area contributed by atoms with Crippen LogP contribution in [0.2, 0.25) is 10.0 Å². The summed E-state index contributed by atoms with van der Waals surface area (Å²) in [7, 11) is -2.49. The van der Waals surface area contributed by atoms with Crippen molar-refractivity contribution in [3.8, 4) is 5.75 Å². The molecule has 30 heavy (non-hydrogen) atoms. The van der Waals surface area contributed by atoms with Crippen molar-refractivity contribution in [3.05, 3.63) is 80.7 Å². The van der Waals surface area contributed by atoms with Crippen LogP contribution >= 0.6 is 39.1 Å². The van der Waals surface area contributed by atoms with Gasteiger partial charge >= 0.3 is 0 Å². The molecule has 2 N–H and O–H groups in total. The van der Waals surface area contributed by atoms with Gasteiger partial charge in [0.1, 0.15) is 5.75 Å². The second kappa shape index (κ2) is 9.26. The van der Waals surface area contributed by atoms with Crippen molar-refractivity contribution in [2.75, 3.05) is 17.1 Å². The number of sulfonamides is 1. The molecule has 0 fully saturated rings. The SMILES string of the molecule is COc1ccc(S(=O)(=O)Nc2ccc(Br)cc2)cc1NC(=O)c1ccc(Cl)cc1Cl. The van der Waals surface area contributed by atoms with Gasteiger partial charge in [-0.2, -0.15) is 0 Å². The number of ether oxygens (including phenoxy) is 1. The van der Waals surface area contributed by atoms with E-state index >= 15 is 0 Å². The minimum Gasteiger partial charge on any atom is -0.495 e. The van der Waals surface area contributed by atoms with Crippen LogP contribution in [0.3, 0.4) is 0 Å². The van der Waals surface area contributed by atoms with E-state index in [2.05, 4.69) is 26.0 Å². The van der Waals surface area contributed by atoms with Crippen molar-refractivity contribution in [2.24, 2.45) is 0 Å². The summed E-state index contributed by atoms with van der Waals surface area (Å²) in [6, 6.07) is 15.3. The number of carbonyl (C=O) groups is 1. The van der Waals surface area contributed by atoms with Crippen molar-refractivity contribution in [2.45, 2.75) is 4.90 Å². The smallest absolute Gasteiger partial charge is 0.261 e. The molecule has 3 aromatic carbocycles. The lowest BCUT2D eigenvalue weighted by Gasteiger charge is -2.14. The molecule has 0 aliphatic rings. The predicted octanol–water partition coefficient (Wildman–Crippen LogP) is 5.82. The molecule has 10 heteroatoms. The predicted molar refractivity (Wildman–Crippen MR) is 122 cm³/mol. The van der Waals surface area contributed by atoms with Crippen molar-refractivity contribution in [3.63, 3.8) is 0 Å². The number of methoxy groups -OCH3 is 1. The van der Waals surface area contributed by atoms with Crippen LogP contribution in [-0.2, 0) is 10.0 Å². The third-order valence-electron chi connectivity index (χ3n) is 4.00. The number of benzene rings is 3. The largest absolute Gasteiger partial charge is 0.495 e. The highest BCUT2D eigenvalue weighted by atomic mass is 79.9. The number of rotatable bonds is 6. The Labute approximate surface area is 192 Å². The standard InChI is InChI=1S/C20H15BrCl2N2O4S/c1-29-19-9-7-15(30(27,28)25-14-5-2-12(21)3-6-14)11-18(19)24-20(26)16-8-4-13(22)10-17(16)23/h2-11,25H,1H3,(H,24,26). The monoisotopic (exact) mass is 528 g/mol. The molecule has 0 bridgehead atoms. The highest BCUT2D eigenvalue weighted by molar-refractivity contribution is 9.10. The minimum absolute atomic E-state index is 0.0521. The maximum Gasteiger partial charge on any atom is 0.261 e. The maximum absolute atomic E-state index is 12.8. The second-order valence-electron chi connectivity index (χ2n) is 6.05. The fourth-order valence-corrected chi connectivity index (χ4v) is 4.39. The van der Waals surface area contributed by atoms with Gasteiger partial charge in [0.25, 0.3) is 15.9 Å². The van der Waals surface area contributed by atoms with E-state index in [0.29, 0.717) is 10.7 Å². The van der Waals surface area contributed by atoms with Gasteiger partial charge < -0.3 is 10.1 Å². The number of carbonyl (C=O) groups excluding carboxylic acids is 1. The molecule has 0 radical (unpaired) electrons. The zero-order valence-corrected chi connectivity index (χ0v) is 19.4. The van der Waals surface area contributed by atoms with Crippen molar-refractivity contribution in [1.29, 1.82) is 0 Å². The average molecular weight is 530 g/mol. The Morgan fingerprint density at radius 2 is 1.70 bits per heavy atom. The number of amides is 1. The fraction of sp³-hybridized carbons (Fsp3) is 0.0500. The molecule has 0 spiro atoms. The summed E-state index contributed by atoms with van der Waals surface area (Å²) in [5.74, 6) is -0.249. The zero-order valence-electron chi connectivity index (χ0n) is 15.4. The van der Waals surface area contributed by atoms with Gasteiger partial charge in [-0.25, -0.2) is 8.42 Å². The molecule has 0 saturated carbocycles.